The fraction of sp³-hybridized carbons (Fsp3) is 0.105. The molecule has 0 saturated heterocycles. The maximum Gasteiger partial charge on any atom is 0.417 e. The molecule has 0 aliphatic carbocycles. The van der Waals surface area contributed by atoms with Gasteiger partial charge in [-0.3, -0.25) is 4.79 Å². The topological polar surface area (TPSA) is 22.0 Å². The van der Waals surface area contributed by atoms with Crippen molar-refractivity contribution in [3.63, 3.8) is 0 Å². The lowest BCUT2D eigenvalue weighted by molar-refractivity contribution is -0.137. The molecular weight excluding hydrogens is 370 g/mol. The molecular formula is C19H12ClF4NO. The summed E-state index contributed by atoms with van der Waals surface area (Å²) in [6.07, 6.45) is -3.14. The summed E-state index contributed by atoms with van der Waals surface area (Å²) in [5.74, 6) is -0.394. The van der Waals surface area contributed by atoms with Crippen LogP contribution in [-0.4, -0.2) is 4.57 Å². The van der Waals surface area contributed by atoms with E-state index in [1.165, 1.54) is 42.6 Å². The molecule has 0 aliphatic rings. The lowest BCUT2D eigenvalue weighted by Gasteiger charge is -2.17. The van der Waals surface area contributed by atoms with Crippen molar-refractivity contribution in [3.8, 4) is 11.3 Å². The Morgan fingerprint density at radius 2 is 1.69 bits per heavy atom. The van der Waals surface area contributed by atoms with E-state index in [9.17, 15) is 22.4 Å². The summed E-state index contributed by atoms with van der Waals surface area (Å²) in [6, 6.07) is 11.8. The van der Waals surface area contributed by atoms with Crippen molar-refractivity contribution in [2.24, 2.45) is 0 Å². The molecule has 0 N–H and O–H groups in total. The predicted molar refractivity (Wildman–Crippen MR) is 91.7 cm³/mol. The molecule has 0 saturated carbocycles. The quantitative estimate of drug-likeness (QED) is 0.559. The Balaban J connectivity index is 2.12. The number of alkyl halides is 3. The minimum Gasteiger partial charge on any atom is -0.343 e. The molecule has 26 heavy (non-hydrogen) atoms. The molecule has 2 nitrogen and oxygen atoms in total. The molecule has 0 amide bonds. The SMILES string of the molecule is O=c1ccn(Cc2ccc(F)cc2)c(-c2cccc(C(F)(F)F)c2Cl)c1. The second kappa shape index (κ2) is 6.96. The van der Waals surface area contributed by atoms with Crippen LogP contribution in [0.1, 0.15) is 11.1 Å². The Labute approximate surface area is 151 Å². The molecule has 0 aliphatic heterocycles. The van der Waals surface area contributed by atoms with Crippen molar-refractivity contribution in [2.75, 3.05) is 0 Å². The Kier molecular flexibility index (Phi) is 4.87. The molecule has 0 radical (unpaired) electrons. The van der Waals surface area contributed by atoms with Crippen LogP contribution in [0.5, 0.6) is 0 Å². The van der Waals surface area contributed by atoms with Gasteiger partial charge in [0.1, 0.15) is 5.82 Å². The van der Waals surface area contributed by atoms with Crippen LogP contribution in [0.25, 0.3) is 11.3 Å². The number of hydrogen-bond donors (Lipinski definition) is 0. The largest absolute Gasteiger partial charge is 0.417 e. The van der Waals surface area contributed by atoms with Crippen molar-refractivity contribution in [1.82, 2.24) is 4.57 Å². The molecule has 7 heteroatoms. The molecule has 0 unspecified atom stereocenters. The van der Waals surface area contributed by atoms with Crippen molar-refractivity contribution in [3.05, 3.63) is 93.0 Å². The van der Waals surface area contributed by atoms with E-state index in [1.54, 1.807) is 16.7 Å². The number of hydrogen-bond acceptors (Lipinski definition) is 1. The normalized spacial score (nSPS) is 11.6. The average Bonchev–Trinajstić information content (AvgIpc) is 2.58. The molecule has 2 aromatic carbocycles. The first kappa shape index (κ1) is 18.2. The minimum absolute atomic E-state index is 0.0984. The monoisotopic (exact) mass is 381 g/mol. The molecule has 0 fully saturated rings. The van der Waals surface area contributed by atoms with Gasteiger partial charge >= 0.3 is 6.18 Å². The van der Waals surface area contributed by atoms with Gasteiger partial charge in [0.15, 0.2) is 5.43 Å². The number of nitrogens with zero attached hydrogens (tertiary/aromatic N) is 1. The van der Waals surface area contributed by atoms with Gasteiger partial charge in [-0.15, -0.1) is 0 Å². The van der Waals surface area contributed by atoms with Crippen LogP contribution in [0.4, 0.5) is 17.6 Å². The van der Waals surface area contributed by atoms with Crippen LogP contribution in [-0.2, 0) is 12.7 Å². The fourth-order valence-electron chi connectivity index (χ4n) is 2.62. The van der Waals surface area contributed by atoms with Crippen molar-refractivity contribution in [2.45, 2.75) is 12.7 Å². The van der Waals surface area contributed by atoms with E-state index in [0.717, 1.165) is 11.6 Å². The van der Waals surface area contributed by atoms with E-state index in [0.29, 0.717) is 0 Å². The van der Waals surface area contributed by atoms with Gasteiger partial charge in [-0.2, -0.15) is 13.2 Å². The summed E-state index contributed by atoms with van der Waals surface area (Å²) < 4.78 is 54.0. The van der Waals surface area contributed by atoms with Gasteiger partial charge in [0.05, 0.1) is 16.3 Å². The minimum atomic E-state index is -4.61. The fourth-order valence-corrected chi connectivity index (χ4v) is 2.95. The van der Waals surface area contributed by atoms with Gasteiger partial charge in [-0.25, -0.2) is 4.39 Å². The Morgan fingerprint density at radius 1 is 1.00 bits per heavy atom. The highest BCUT2D eigenvalue weighted by molar-refractivity contribution is 6.34. The summed E-state index contributed by atoms with van der Waals surface area (Å²) in [6.45, 7) is 0.239. The van der Waals surface area contributed by atoms with Gasteiger partial charge in [-0.1, -0.05) is 35.9 Å². The third kappa shape index (κ3) is 3.80. The van der Waals surface area contributed by atoms with Crippen LogP contribution in [0.2, 0.25) is 5.02 Å². The van der Waals surface area contributed by atoms with Crippen molar-refractivity contribution in [1.29, 1.82) is 0 Å². The molecule has 3 aromatic rings. The third-order valence-corrected chi connectivity index (χ3v) is 4.26. The van der Waals surface area contributed by atoms with E-state index in [-0.39, 0.29) is 23.2 Å². The van der Waals surface area contributed by atoms with Gasteiger partial charge in [0.25, 0.3) is 0 Å². The Morgan fingerprint density at radius 3 is 2.35 bits per heavy atom. The summed E-state index contributed by atoms with van der Waals surface area (Å²) in [7, 11) is 0. The second-order valence-electron chi connectivity index (χ2n) is 5.67. The van der Waals surface area contributed by atoms with Crippen LogP contribution in [0, 0.1) is 5.82 Å². The Hall–Kier alpha value is -2.60. The van der Waals surface area contributed by atoms with Crippen LogP contribution < -0.4 is 5.43 Å². The standard InChI is InChI=1S/C19H12ClF4NO/c20-18-15(2-1-3-16(18)19(22,23)24)17-10-14(26)8-9-25(17)11-12-4-6-13(21)7-5-12/h1-10H,11H2. The van der Waals surface area contributed by atoms with Gasteiger partial charge < -0.3 is 4.57 Å². The molecule has 3 rings (SSSR count). The van der Waals surface area contributed by atoms with Gasteiger partial charge in [0.2, 0.25) is 0 Å². The van der Waals surface area contributed by atoms with Gasteiger partial charge in [0, 0.05) is 30.4 Å². The zero-order valence-electron chi connectivity index (χ0n) is 13.2. The first-order valence-corrected chi connectivity index (χ1v) is 7.94. The maximum atomic E-state index is 13.1. The highest BCUT2D eigenvalue weighted by Gasteiger charge is 2.34. The number of benzene rings is 2. The second-order valence-corrected chi connectivity index (χ2v) is 6.04. The lowest BCUT2D eigenvalue weighted by Crippen LogP contribution is -2.11. The zero-order valence-corrected chi connectivity index (χ0v) is 14.0. The summed E-state index contributed by atoms with van der Waals surface area (Å²) in [4.78, 5) is 11.8. The summed E-state index contributed by atoms with van der Waals surface area (Å²) >= 11 is 5.99. The van der Waals surface area contributed by atoms with Gasteiger partial charge in [-0.05, 0) is 23.8 Å². The van der Waals surface area contributed by atoms with E-state index in [4.69, 9.17) is 11.6 Å². The number of pyridine rings is 1. The van der Waals surface area contributed by atoms with E-state index < -0.39 is 22.6 Å². The van der Waals surface area contributed by atoms with E-state index >= 15 is 0 Å². The predicted octanol–water partition coefficient (Wildman–Crippen LogP) is 5.37. The number of rotatable bonds is 3. The summed E-state index contributed by atoms with van der Waals surface area (Å²) in [5.41, 5.74) is -0.260. The van der Waals surface area contributed by atoms with E-state index in [1.807, 2.05) is 0 Å². The smallest absolute Gasteiger partial charge is 0.343 e. The first-order chi connectivity index (χ1) is 12.3. The van der Waals surface area contributed by atoms with Crippen LogP contribution in [0.15, 0.2) is 65.6 Å². The third-order valence-electron chi connectivity index (χ3n) is 3.85. The Bertz CT molecular complexity index is 994. The molecule has 1 aromatic heterocycles. The molecule has 1 heterocycles. The van der Waals surface area contributed by atoms with Crippen LogP contribution >= 0.6 is 11.6 Å². The van der Waals surface area contributed by atoms with Crippen molar-refractivity contribution < 1.29 is 17.6 Å². The average molecular weight is 382 g/mol. The highest BCUT2D eigenvalue weighted by atomic mass is 35.5. The molecule has 0 atom stereocenters. The zero-order chi connectivity index (χ0) is 18.9. The molecule has 134 valence electrons. The molecule has 0 bridgehead atoms. The number of aromatic nitrogens is 1. The highest BCUT2D eigenvalue weighted by Crippen LogP contribution is 2.39. The molecule has 0 spiro atoms. The first-order valence-electron chi connectivity index (χ1n) is 7.57. The van der Waals surface area contributed by atoms with E-state index in [2.05, 4.69) is 0 Å². The summed E-state index contributed by atoms with van der Waals surface area (Å²) in [5, 5.41) is -0.474. The van der Waals surface area contributed by atoms with Crippen molar-refractivity contribution >= 4 is 11.6 Å². The number of halogens is 5. The maximum absolute atomic E-state index is 13.1. The van der Waals surface area contributed by atoms with Crippen LogP contribution in [0.3, 0.4) is 0 Å². The lowest BCUT2D eigenvalue weighted by atomic mass is 10.1.